The number of carbonyl (C=O) groups is 3. The van der Waals surface area contributed by atoms with Gasteiger partial charge in [0.05, 0.1) is 17.8 Å². The number of urea groups is 1. The molecule has 7 nitrogen and oxygen atoms in total. The van der Waals surface area contributed by atoms with E-state index >= 15 is 0 Å². The third-order valence-corrected chi connectivity index (χ3v) is 6.39. The second kappa shape index (κ2) is 10.4. The van der Waals surface area contributed by atoms with Gasteiger partial charge in [-0.05, 0) is 66.9 Å². The number of nitrogens with one attached hydrogen (secondary N) is 1. The first kappa shape index (κ1) is 25.3. The molecule has 1 N–H and O–H groups in total. The molecule has 0 bridgehead atoms. The minimum Gasteiger partial charge on any atom is -0.493 e. The maximum absolute atomic E-state index is 13.2. The lowest BCUT2D eigenvalue weighted by molar-refractivity contribution is -0.122. The molecule has 3 aromatic rings. The minimum absolute atomic E-state index is 0.157. The smallest absolute Gasteiger partial charge is 0.335 e. The van der Waals surface area contributed by atoms with Crippen LogP contribution in [0.4, 0.5) is 10.5 Å². The van der Waals surface area contributed by atoms with Gasteiger partial charge in [-0.2, -0.15) is 0 Å². The van der Waals surface area contributed by atoms with E-state index in [0.717, 1.165) is 21.6 Å². The Balaban J connectivity index is 1.66. The first-order chi connectivity index (χ1) is 17.2. The van der Waals surface area contributed by atoms with Crippen molar-refractivity contribution in [1.82, 2.24) is 5.32 Å². The Morgan fingerprint density at radius 1 is 0.944 bits per heavy atom. The van der Waals surface area contributed by atoms with Gasteiger partial charge in [-0.1, -0.05) is 47.5 Å². The number of carbonyl (C=O) groups excluding carboxylic acids is 3. The van der Waals surface area contributed by atoms with E-state index in [9.17, 15) is 14.4 Å². The first-order valence-electron chi connectivity index (χ1n) is 10.9. The van der Waals surface area contributed by atoms with Gasteiger partial charge < -0.3 is 9.47 Å². The van der Waals surface area contributed by atoms with Crippen LogP contribution in [0.25, 0.3) is 6.08 Å². The van der Waals surface area contributed by atoms with E-state index in [2.05, 4.69) is 5.32 Å². The Hall–Kier alpha value is -3.81. The molecule has 0 atom stereocenters. The molecule has 1 saturated heterocycles. The number of aryl methyl sites for hydroxylation is 2. The van der Waals surface area contributed by atoms with Crippen LogP contribution in [0.15, 0.2) is 60.2 Å². The molecule has 9 heteroatoms. The fourth-order valence-corrected chi connectivity index (χ4v) is 4.12. The lowest BCUT2D eigenvalue weighted by atomic mass is 10.0. The minimum atomic E-state index is -0.815. The van der Waals surface area contributed by atoms with E-state index in [1.165, 1.54) is 19.3 Å². The largest absolute Gasteiger partial charge is 0.493 e. The third kappa shape index (κ3) is 5.08. The number of benzene rings is 3. The number of anilines is 1. The number of ether oxygens (including phenoxy) is 2. The number of halogens is 2. The number of imide groups is 2. The molecule has 0 saturated carbocycles. The van der Waals surface area contributed by atoms with Crippen LogP contribution in [0, 0.1) is 13.8 Å². The molecule has 0 aliphatic carbocycles. The number of methoxy groups -OCH3 is 1. The molecule has 184 valence electrons. The highest BCUT2D eigenvalue weighted by Gasteiger charge is 2.37. The summed E-state index contributed by atoms with van der Waals surface area (Å²) in [7, 11) is 1.45. The topological polar surface area (TPSA) is 84.9 Å². The van der Waals surface area contributed by atoms with Crippen molar-refractivity contribution in [3.63, 3.8) is 0 Å². The van der Waals surface area contributed by atoms with Gasteiger partial charge in [-0.3, -0.25) is 14.9 Å². The predicted octanol–water partition coefficient (Wildman–Crippen LogP) is 5.86. The van der Waals surface area contributed by atoms with Crippen LogP contribution in [0.5, 0.6) is 11.5 Å². The summed E-state index contributed by atoms with van der Waals surface area (Å²) in [6.45, 7) is 3.95. The van der Waals surface area contributed by atoms with Crippen molar-refractivity contribution < 1.29 is 23.9 Å². The number of hydrogen-bond acceptors (Lipinski definition) is 5. The van der Waals surface area contributed by atoms with Gasteiger partial charge >= 0.3 is 6.03 Å². The van der Waals surface area contributed by atoms with Gasteiger partial charge in [-0.25, -0.2) is 9.69 Å². The monoisotopic (exact) mass is 524 g/mol. The fraction of sp³-hybridized carbons (Fsp3) is 0.148. The van der Waals surface area contributed by atoms with Crippen LogP contribution in [-0.4, -0.2) is 25.0 Å². The molecule has 0 aromatic heterocycles. The van der Waals surface area contributed by atoms with Crippen molar-refractivity contribution in [2.75, 3.05) is 12.0 Å². The summed E-state index contributed by atoms with van der Waals surface area (Å²) >= 11 is 12.7. The highest BCUT2D eigenvalue weighted by molar-refractivity contribution is 6.39. The SMILES string of the molecule is COc1cc(/C=C2\C(=O)NC(=O)N(c3ccc(C)c(C)c3)C2=O)cc(Cl)c1OCc1ccccc1Cl. The molecule has 4 amide bonds. The standard InChI is InChI=1S/C27H22Cl2N2O5/c1-15-8-9-19(10-16(15)2)31-26(33)20(25(32)30-27(31)34)11-17-12-22(29)24(23(13-17)35-3)36-14-18-6-4-5-7-21(18)28/h4-13H,14H2,1-3H3,(H,30,32,34)/b20-11+. The molecular formula is C27H22Cl2N2O5. The predicted molar refractivity (Wildman–Crippen MR) is 139 cm³/mol. The summed E-state index contributed by atoms with van der Waals surface area (Å²) in [6, 6.07) is 14.7. The number of amides is 4. The van der Waals surface area contributed by atoms with Crippen LogP contribution in [0.2, 0.25) is 10.0 Å². The van der Waals surface area contributed by atoms with Crippen LogP contribution in [0.1, 0.15) is 22.3 Å². The number of hydrogen-bond donors (Lipinski definition) is 1. The van der Waals surface area contributed by atoms with Crippen LogP contribution < -0.4 is 19.7 Å². The van der Waals surface area contributed by atoms with Gasteiger partial charge in [0.1, 0.15) is 12.2 Å². The second-order valence-corrected chi connectivity index (χ2v) is 8.96. The van der Waals surface area contributed by atoms with Crippen LogP contribution in [-0.2, 0) is 16.2 Å². The van der Waals surface area contributed by atoms with Gasteiger partial charge in [0.25, 0.3) is 11.8 Å². The first-order valence-corrected chi connectivity index (χ1v) is 11.7. The molecule has 1 aliphatic rings. The van der Waals surface area contributed by atoms with Crippen molar-refractivity contribution in [2.45, 2.75) is 20.5 Å². The Labute approximate surface area is 218 Å². The second-order valence-electron chi connectivity index (χ2n) is 8.14. The quantitative estimate of drug-likeness (QED) is 0.322. The van der Waals surface area contributed by atoms with Gasteiger partial charge in [0.15, 0.2) is 11.5 Å². The summed E-state index contributed by atoms with van der Waals surface area (Å²) in [5, 5.41) is 2.98. The highest BCUT2D eigenvalue weighted by Crippen LogP contribution is 2.38. The summed E-state index contributed by atoms with van der Waals surface area (Å²) in [4.78, 5) is 39.2. The molecule has 0 spiro atoms. The summed E-state index contributed by atoms with van der Waals surface area (Å²) in [5.74, 6) is -0.972. The normalized spacial score (nSPS) is 14.8. The zero-order chi connectivity index (χ0) is 26.0. The van der Waals surface area contributed by atoms with Crippen molar-refractivity contribution in [3.05, 3.63) is 92.5 Å². The van der Waals surface area contributed by atoms with Gasteiger partial charge in [-0.15, -0.1) is 0 Å². The number of barbiturate groups is 1. The molecule has 36 heavy (non-hydrogen) atoms. The molecule has 0 unspecified atom stereocenters. The maximum Gasteiger partial charge on any atom is 0.335 e. The zero-order valence-corrected chi connectivity index (χ0v) is 21.2. The summed E-state index contributed by atoms with van der Waals surface area (Å²) in [6.07, 6.45) is 1.35. The van der Waals surface area contributed by atoms with E-state index in [4.69, 9.17) is 32.7 Å². The molecule has 1 fully saturated rings. The zero-order valence-electron chi connectivity index (χ0n) is 19.7. The maximum atomic E-state index is 13.2. The van der Waals surface area contributed by atoms with E-state index in [1.54, 1.807) is 30.3 Å². The molecule has 0 radical (unpaired) electrons. The summed E-state index contributed by atoms with van der Waals surface area (Å²) < 4.78 is 11.3. The van der Waals surface area contributed by atoms with Crippen molar-refractivity contribution >= 4 is 52.8 Å². The van der Waals surface area contributed by atoms with Crippen molar-refractivity contribution in [2.24, 2.45) is 0 Å². The fourth-order valence-electron chi connectivity index (χ4n) is 3.65. The van der Waals surface area contributed by atoms with Crippen molar-refractivity contribution in [3.8, 4) is 11.5 Å². The lowest BCUT2D eigenvalue weighted by Crippen LogP contribution is -2.54. The van der Waals surface area contributed by atoms with Crippen molar-refractivity contribution in [1.29, 1.82) is 0 Å². The van der Waals surface area contributed by atoms with E-state index in [-0.39, 0.29) is 23.0 Å². The molecular weight excluding hydrogens is 503 g/mol. The van der Waals surface area contributed by atoms with Crippen LogP contribution >= 0.6 is 23.2 Å². The molecule has 1 aliphatic heterocycles. The van der Waals surface area contributed by atoms with Gasteiger partial charge in [0.2, 0.25) is 0 Å². The molecule has 3 aromatic carbocycles. The molecule has 4 rings (SSSR count). The van der Waals surface area contributed by atoms with E-state index < -0.39 is 17.8 Å². The van der Waals surface area contributed by atoms with E-state index in [1.807, 2.05) is 32.0 Å². The highest BCUT2D eigenvalue weighted by atomic mass is 35.5. The molecule has 1 heterocycles. The Bertz CT molecular complexity index is 1420. The lowest BCUT2D eigenvalue weighted by Gasteiger charge is -2.27. The summed E-state index contributed by atoms with van der Waals surface area (Å²) in [5.41, 5.74) is 3.22. The third-order valence-electron chi connectivity index (χ3n) is 5.74. The Kier molecular flexibility index (Phi) is 7.33. The average molecular weight is 525 g/mol. The number of rotatable bonds is 6. The Morgan fingerprint density at radius 2 is 1.69 bits per heavy atom. The van der Waals surface area contributed by atoms with Crippen LogP contribution in [0.3, 0.4) is 0 Å². The van der Waals surface area contributed by atoms with Gasteiger partial charge in [0, 0.05) is 10.6 Å². The van der Waals surface area contributed by atoms with E-state index in [0.29, 0.717) is 22.0 Å². The Morgan fingerprint density at radius 3 is 2.39 bits per heavy atom. The number of nitrogens with zero attached hydrogens (tertiary/aromatic N) is 1. The average Bonchev–Trinajstić information content (AvgIpc) is 2.83.